The first-order valence-electron chi connectivity index (χ1n) is 4.76. The van der Waals surface area contributed by atoms with Crippen LogP contribution in [-0.2, 0) is 14.2 Å². The maximum atomic E-state index is 5.24. The van der Waals surface area contributed by atoms with Crippen LogP contribution < -0.4 is 0 Å². The normalized spacial score (nSPS) is 10.2. The van der Waals surface area contributed by atoms with Gasteiger partial charge in [-0.2, -0.15) is 0 Å². The van der Waals surface area contributed by atoms with Gasteiger partial charge in [0.05, 0.1) is 33.0 Å². The molecule has 13 heavy (non-hydrogen) atoms. The fraction of sp³-hybridized carbons (Fsp3) is 0.800. The molecule has 0 unspecified atom stereocenters. The van der Waals surface area contributed by atoms with Crippen LogP contribution in [0.1, 0.15) is 13.3 Å². The fourth-order valence-corrected chi connectivity index (χ4v) is 0.751. The Hall–Kier alpha value is -0.380. The van der Waals surface area contributed by atoms with Crippen LogP contribution in [0.3, 0.4) is 0 Å². The summed E-state index contributed by atoms with van der Waals surface area (Å²) in [6.45, 7) is 9.62. The van der Waals surface area contributed by atoms with Crippen molar-refractivity contribution in [1.29, 1.82) is 0 Å². The van der Waals surface area contributed by atoms with Crippen molar-refractivity contribution in [3.8, 4) is 0 Å². The second-order valence-corrected chi connectivity index (χ2v) is 2.59. The van der Waals surface area contributed by atoms with Crippen molar-refractivity contribution in [3.05, 3.63) is 12.7 Å². The summed E-state index contributed by atoms with van der Waals surface area (Å²) in [4.78, 5) is 0. The predicted molar refractivity (Wildman–Crippen MR) is 52.9 cm³/mol. The minimum Gasteiger partial charge on any atom is -0.379 e. The molecule has 0 saturated heterocycles. The largest absolute Gasteiger partial charge is 0.379 e. The molecule has 0 N–H and O–H groups in total. The zero-order chi connectivity index (χ0) is 9.78. The van der Waals surface area contributed by atoms with E-state index in [-0.39, 0.29) is 0 Å². The Morgan fingerprint density at radius 3 is 2.00 bits per heavy atom. The van der Waals surface area contributed by atoms with Gasteiger partial charge in [-0.3, -0.25) is 0 Å². The maximum Gasteiger partial charge on any atom is 0.0704 e. The summed E-state index contributed by atoms with van der Waals surface area (Å²) < 4.78 is 15.6. The highest BCUT2D eigenvalue weighted by Gasteiger charge is 1.88. The molecule has 0 aromatic carbocycles. The van der Waals surface area contributed by atoms with Crippen molar-refractivity contribution in [1.82, 2.24) is 0 Å². The molecule has 0 rings (SSSR count). The van der Waals surface area contributed by atoms with Crippen LogP contribution in [0.2, 0.25) is 0 Å². The minimum absolute atomic E-state index is 0.593. The zero-order valence-electron chi connectivity index (χ0n) is 8.46. The third-order valence-corrected chi connectivity index (χ3v) is 1.33. The van der Waals surface area contributed by atoms with Gasteiger partial charge in [-0.25, -0.2) is 0 Å². The summed E-state index contributed by atoms with van der Waals surface area (Å²) in [5.74, 6) is 0. The Balaban J connectivity index is 2.79. The fourth-order valence-electron chi connectivity index (χ4n) is 0.751. The monoisotopic (exact) mass is 188 g/mol. The second kappa shape index (κ2) is 11.6. The Morgan fingerprint density at radius 2 is 1.46 bits per heavy atom. The van der Waals surface area contributed by atoms with Gasteiger partial charge in [-0.1, -0.05) is 13.0 Å². The lowest BCUT2D eigenvalue weighted by molar-refractivity contribution is 0.0197. The predicted octanol–water partition coefficient (Wildman–Crippen LogP) is 1.63. The molecule has 0 bridgehead atoms. The molecule has 3 heteroatoms. The molecule has 0 aliphatic rings. The van der Waals surface area contributed by atoms with Crippen LogP contribution in [0.4, 0.5) is 0 Å². The summed E-state index contributed by atoms with van der Waals surface area (Å²) in [5.41, 5.74) is 0. The molecule has 78 valence electrons. The molecule has 0 saturated carbocycles. The van der Waals surface area contributed by atoms with Gasteiger partial charge in [0, 0.05) is 6.61 Å². The molecule has 0 aromatic heterocycles. The molecule has 0 radical (unpaired) electrons. The molecule has 0 aromatic rings. The second-order valence-electron chi connectivity index (χ2n) is 2.59. The van der Waals surface area contributed by atoms with E-state index in [4.69, 9.17) is 14.2 Å². The molecule has 0 heterocycles. The quantitative estimate of drug-likeness (QED) is 0.385. The number of hydrogen-bond acceptors (Lipinski definition) is 3. The van der Waals surface area contributed by atoms with Crippen LogP contribution >= 0.6 is 0 Å². The van der Waals surface area contributed by atoms with Crippen molar-refractivity contribution >= 4 is 0 Å². The highest BCUT2D eigenvalue weighted by atomic mass is 16.5. The van der Waals surface area contributed by atoms with Gasteiger partial charge in [0.15, 0.2) is 0 Å². The summed E-state index contributed by atoms with van der Waals surface area (Å²) in [7, 11) is 0. The van der Waals surface area contributed by atoms with E-state index in [0.717, 1.165) is 13.0 Å². The van der Waals surface area contributed by atoms with Gasteiger partial charge in [0.25, 0.3) is 0 Å². The van der Waals surface area contributed by atoms with Crippen LogP contribution in [0.25, 0.3) is 0 Å². The number of hydrogen-bond donors (Lipinski definition) is 0. The molecule has 0 fully saturated rings. The Labute approximate surface area is 80.7 Å². The van der Waals surface area contributed by atoms with Crippen LogP contribution in [0.15, 0.2) is 12.7 Å². The highest BCUT2D eigenvalue weighted by molar-refractivity contribution is 4.63. The van der Waals surface area contributed by atoms with Gasteiger partial charge in [-0.05, 0) is 6.42 Å². The van der Waals surface area contributed by atoms with E-state index >= 15 is 0 Å². The third kappa shape index (κ3) is 11.6. The van der Waals surface area contributed by atoms with Crippen molar-refractivity contribution in [3.63, 3.8) is 0 Å². The van der Waals surface area contributed by atoms with Gasteiger partial charge in [0.2, 0.25) is 0 Å². The topological polar surface area (TPSA) is 27.7 Å². The van der Waals surface area contributed by atoms with E-state index in [9.17, 15) is 0 Å². The van der Waals surface area contributed by atoms with E-state index in [1.807, 2.05) is 0 Å². The van der Waals surface area contributed by atoms with Crippen molar-refractivity contribution in [2.24, 2.45) is 0 Å². The van der Waals surface area contributed by atoms with Crippen LogP contribution in [-0.4, -0.2) is 39.6 Å². The molecular weight excluding hydrogens is 168 g/mol. The summed E-state index contributed by atoms with van der Waals surface area (Å²) in [6, 6.07) is 0. The van der Waals surface area contributed by atoms with E-state index in [1.54, 1.807) is 6.08 Å². The SMILES string of the molecule is C=CCOCCOCCOCCC. The van der Waals surface area contributed by atoms with Gasteiger partial charge >= 0.3 is 0 Å². The molecular formula is C10H20O3. The summed E-state index contributed by atoms with van der Waals surface area (Å²) >= 11 is 0. The molecule has 0 amide bonds. The van der Waals surface area contributed by atoms with E-state index in [2.05, 4.69) is 13.5 Å². The van der Waals surface area contributed by atoms with Crippen molar-refractivity contribution in [2.75, 3.05) is 39.6 Å². The Kier molecular flexibility index (Phi) is 11.3. The summed E-state index contributed by atoms with van der Waals surface area (Å²) in [5, 5.41) is 0. The number of ether oxygens (including phenoxy) is 3. The Bertz CT molecular complexity index is 104. The maximum absolute atomic E-state index is 5.24. The van der Waals surface area contributed by atoms with Crippen LogP contribution in [0, 0.1) is 0 Å². The molecule has 0 aliphatic carbocycles. The van der Waals surface area contributed by atoms with E-state index in [0.29, 0.717) is 33.0 Å². The van der Waals surface area contributed by atoms with E-state index in [1.165, 1.54) is 0 Å². The number of rotatable bonds is 10. The average Bonchev–Trinajstić information content (AvgIpc) is 2.16. The highest BCUT2D eigenvalue weighted by Crippen LogP contribution is 1.83. The third-order valence-electron chi connectivity index (χ3n) is 1.33. The Morgan fingerprint density at radius 1 is 0.923 bits per heavy atom. The van der Waals surface area contributed by atoms with Crippen molar-refractivity contribution in [2.45, 2.75) is 13.3 Å². The molecule has 0 aliphatic heterocycles. The first-order valence-corrected chi connectivity index (χ1v) is 4.76. The zero-order valence-corrected chi connectivity index (χ0v) is 8.46. The minimum atomic E-state index is 0.593. The lowest BCUT2D eigenvalue weighted by Crippen LogP contribution is -2.09. The average molecular weight is 188 g/mol. The first kappa shape index (κ1) is 12.6. The lowest BCUT2D eigenvalue weighted by atomic mass is 10.5. The standard InChI is InChI=1S/C10H20O3/c1-3-5-11-7-9-13-10-8-12-6-4-2/h3H,1,4-10H2,2H3. The summed E-state index contributed by atoms with van der Waals surface area (Å²) in [6.07, 6.45) is 2.78. The van der Waals surface area contributed by atoms with Crippen molar-refractivity contribution < 1.29 is 14.2 Å². The lowest BCUT2D eigenvalue weighted by Gasteiger charge is -2.04. The smallest absolute Gasteiger partial charge is 0.0704 e. The van der Waals surface area contributed by atoms with Gasteiger partial charge in [-0.15, -0.1) is 6.58 Å². The molecule has 0 atom stereocenters. The van der Waals surface area contributed by atoms with Gasteiger partial charge in [0.1, 0.15) is 0 Å². The molecule has 0 spiro atoms. The first-order chi connectivity index (χ1) is 6.41. The van der Waals surface area contributed by atoms with Crippen LogP contribution in [0.5, 0.6) is 0 Å². The van der Waals surface area contributed by atoms with E-state index < -0.39 is 0 Å². The molecule has 3 nitrogen and oxygen atoms in total. The van der Waals surface area contributed by atoms with Gasteiger partial charge < -0.3 is 14.2 Å².